The molecule has 15 heavy (non-hydrogen) atoms. The van der Waals surface area contributed by atoms with E-state index in [1.165, 1.54) is 6.92 Å². The molecule has 0 saturated carbocycles. The summed E-state index contributed by atoms with van der Waals surface area (Å²) in [5.41, 5.74) is 4.59. The topological polar surface area (TPSA) is 43.1 Å². The highest BCUT2D eigenvalue weighted by molar-refractivity contribution is 5.99. The number of hydrogen-bond donors (Lipinski definition) is 1. The predicted molar refractivity (Wildman–Crippen MR) is 49.3 cm³/mol. The van der Waals surface area contributed by atoms with Gasteiger partial charge >= 0.3 is 0 Å². The van der Waals surface area contributed by atoms with E-state index in [-0.39, 0.29) is 5.56 Å². The molecule has 1 atom stereocenters. The Bertz CT molecular complexity index is 377. The lowest BCUT2D eigenvalue weighted by Gasteiger charge is -2.06. The Labute approximate surface area is 84.9 Å². The first kappa shape index (κ1) is 11.7. The van der Waals surface area contributed by atoms with E-state index >= 15 is 0 Å². The summed E-state index contributed by atoms with van der Waals surface area (Å²) < 4.78 is 37.4. The van der Waals surface area contributed by atoms with E-state index in [4.69, 9.17) is 5.73 Å². The van der Waals surface area contributed by atoms with Crippen molar-refractivity contribution < 1.29 is 18.0 Å². The minimum atomic E-state index is -2.88. The van der Waals surface area contributed by atoms with Crippen LogP contribution in [0.15, 0.2) is 18.2 Å². The zero-order valence-electron chi connectivity index (χ0n) is 8.01. The lowest BCUT2D eigenvalue weighted by atomic mass is 10.0. The maximum absolute atomic E-state index is 13.1. The van der Waals surface area contributed by atoms with Crippen LogP contribution in [0.25, 0.3) is 0 Å². The molecule has 0 heterocycles. The molecule has 0 fully saturated rings. The number of ketones is 1. The number of hydrogen-bond acceptors (Lipinski definition) is 2. The molecule has 0 radical (unpaired) electrons. The highest BCUT2D eigenvalue weighted by Crippen LogP contribution is 2.22. The van der Waals surface area contributed by atoms with Gasteiger partial charge in [-0.1, -0.05) is 6.07 Å². The number of benzene rings is 1. The molecule has 2 nitrogen and oxygen atoms in total. The van der Waals surface area contributed by atoms with Gasteiger partial charge in [0.05, 0.1) is 11.6 Å². The lowest BCUT2D eigenvalue weighted by molar-refractivity contribution is 0.0966. The summed E-state index contributed by atoms with van der Waals surface area (Å²) in [6.07, 6.45) is -2.88. The number of nitrogens with two attached hydrogens (primary N) is 1. The maximum Gasteiger partial charge on any atom is 0.266 e. The molecule has 0 amide bonds. The predicted octanol–water partition coefficient (Wildman–Crippen LogP) is 2.29. The van der Waals surface area contributed by atoms with E-state index in [0.717, 1.165) is 18.2 Å². The van der Waals surface area contributed by atoms with Crippen LogP contribution in [-0.2, 0) is 0 Å². The first-order valence-corrected chi connectivity index (χ1v) is 4.31. The second-order valence-electron chi connectivity index (χ2n) is 3.19. The van der Waals surface area contributed by atoms with Crippen LogP contribution in [0.5, 0.6) is 0 Å². The van der Waals surface area contributed by atoms with Gasteiger partial charge in [-0.05, 0) is 19.1 Å². The maximum atomic E-state index is 13.1. The van der Waals surface area contributed by atoms with E-state index in [1.807, 2.05) is 0 Å². The van der Waals surface area contributed by atoms with Crippen molar-refractivity contribution in [1.82, 2.24) is 0 Å². The van der Waals surface area contributed by atoms with E-state index in [2.05, 4.69) is 0 Å². The van der Waals surface area contributed by atoms with Gasteiger partial charge in [0.2, 0.25) is 0 Å². The van der Waals surface area contributed by atoms with Gasteiger partial charge in [0.15, 0.2) is 5.78 Å². The van der Waals surface area contributed by atoms with Gasteiger partial charge < -0.3 is 5.73 Å². The van der Waals surface area contributed by atoms with Crippen molar-refractivity contribution in [1.29, 1.82) is 0 Å². The van der Waals surface area contributed by atoms with Gasteiger partial charge in [0.25, 0.3) is 6.43 Å². The van der Waals surface area contributed by atoms with Gasteiger partial charge in [0.1, 0.15) is 5.82 Å². The Balaban J connectivity index is 3.07. The van der Waals surface area contributed by atoms with Crippen LogP contribution < -0.4 is 5.73 Å². The van der Waals surface area contributed by atoms with Crippen LogP contribution >= 0.6 is 0 Å². The third-order valence-electron chi connectivity index (χ3n) is 1.93. The molecule has 0 bridgehead atoms. The molecule has 1 aromatic carbocycles. The van der Waals surface area contributed by atoms with Crippen LogP contribution in [0, 0.1) is 5.82 Å². The smallest absolute Gasteiger partial charge is 0.266 e. The Morgan fingerprint density at radius 2 is 2.00 bits per heavy atom. The summed E-state index contributed by atoms with van der Waals surface area (Å²) in [5.74, 6) is -1.56. The van der Waals surface area contributed by atoms with Crippen molar-refractivity contribution in [3.05, 3.63) is 35.1 Å². The normalized spacial score (nSPS) is 12.9. The summed E-state index contributed by atoms with van der Waals surface area (Å²) in [6, 6.07) is 2.06. The van der Waals surface area contributed by atoms with Gasteiger partial charge in [-0.3, -0.25) is 4.79 Å². The van der Waals surface area contributed by atoms with E-state index in [9.17, 15) is 18.0 Å². The highest BCUT2D eigenvalue weighted by atomic mass is 19.3. The standard InChI is InChI=1S/C10H10F3NO/c1-5(14)9(15)6-2-3-7(10(12)13)8(11)4-6/h2-5,10H,14H2,1H3. The van der Waals surface area contributed by atoms with Crippen molar-refractivity contribution in [2.45, 2.75) is 19.4 Å². The van der Waals surface area contributed by atoms with E-state index in [0.29, 0.717) is 0 Å². The molecule has 2 N–H and O–H groups in total. The van der Waals surface area contributed by atoms with Crippen molar-refractivity contribution in [3.63, 3.8) is 0 Å². The first-order valence-electron chi connectivity index (χ1n) is 4.31. The first-order chi connectivity index (χ1) is 6.93. The second-order valence-corrected chi connectivity index (χ2v) is 3.19. The number of halogens is 3. The molecular formula is C10H10F3NO. The molecular weight excluding hydrogens is 207 g/mol. The lowest BCUT2D eigenvalue weighted by Crippen LogP contribution is -2.26. The van der Waals surface area contributed by atoms with E-state index in [1.54, 1.807) is 0 Å². The average Bonchev–Trinajstić information content (AvgIpc) is 2.15. The summed E-state index contributed by atoms with van der Waals surface area (Å²) in [7, 11) is 0. The molecule has 0 aromatic heterocycles. The number of Topliss-reactive ketones (excluding diaryl/α,β-unsaturated/α-hetero) is 1. The zero-order valence-corrected chi connectivity index (χ0v) is 8.01. The summed E-state index contributed by atoms with van der Waals surface area (Å²) >= 11 is 0. The average molecular weight is 217 g/mol. The van der Waals surface area contributed by atoms with Crippen molar-refractivity contribution in [2.24, 2.45) is 5.73 Å². The quantitative estimate of drug-likeness (QED) is 0.789. The van der Waals surface area contributed by atoms with Gasteiger partial charge in [0, 0.05) is 5.56 Å². The third kappa shape index (κ3) is 2.56. The van der Waals surface area contributed by atoms with Crippen LogP contribution in [0.2, 0.25) is 0 Å². The zero-order chi connectivity index (χ0) is 11.6. The molecule has 0 aliphatic carbocycles. The molecule has 0 spiro atoms. The van der Waals surface area contributed by atoms with Crippen LogP contribution in [0.3, 0.4) is 0 Å². The Kier molecular flexibility index (Phi) is 3.47. The molecule has 1 unspecified atom stereocenters. The van der Waals surface area contributed by atoms with Crippen molar-refractivity contribution >= 4 is 5.78 Å². The fraction of sp³-hybridized carbons (Fsp3) is 0.300. The molecule has 0 aliphatic rings. The minimum absolute atomic E-state index is 0.00639. The number of alkyl halides is 2. The summed E-state index contributed by atoms with van der Waals surface area (Å²) in [6.45, 7) is 1.45. The van der Waals surface area contributed by atoms with Gasteiger partial charge in [-0.15, -0.1) is 0 Å². The molecule has 5 heteroatoms. The van der Waals surface area contributed by atoms with Gasteiger partial charge in [-0.2, -0.15) is 0 Å². The molecule has 82 valence electrons. The van der Waals surface area contributed by atoms with Crippen LogP contribution in [-0.4, -0.2) is 11.8 Å². The fourth-order valence-electron chi connectivity index (χ4n) is 1.12. The Morgan fingerprint density at radius 1 is 1.40 bits per heavy atom. The Morgan fingerprint density at radius 3 is 2.40 bits per heavy atom. The van der Waals surface area contributed by atoms with Crippen molar-refractivity contribution in [3.8, 4) is 0 Å². The molecule has 0 saturated heterocycles. The van der Waals surface area contributed by atoms with Crippen LogP contribution in [0.4, 0.5) is 13.2 Å². The largest absolute Gasteiger partial charge is 0.321 e. The number of carbonyl (C=O) groups is 1. The summed E-state index contributed by atoms with van der Waals surface area (Å²) in [4.78, 5) is 11.3. The molecule has 1 rings (SSSR count). The van der Waals surface area contributed by atoms with Crippen molar-refractivity contribution in [2.75, 3.05) is 0 Å². The van der Waals surface area contributed by atoms with Crippen LogP contribution in [0.1, 0.15) is 29.3 Å². The second kappa shape index (κ2) is 4.44. The summed E-state index contributed by atoms with van der Waals surface area (Å²) in [5, 5.41) is 0. The minimum Gasteiger partial charge on any atom is -0.321 e. The molecule has 1 aromatic rings. The third-order valence-corrected chi connectivity index (χ3v) is 1.93. The highest BCUT2D eigenvalue weighted by Gasteiger charge is 2.17. The van der Waals surface area contributed by atoms with E-state index < -0.39 is 29.6 Å². The molecule has 0 aliphatic heterocycles. The number of carbonyl (C=O) groups excluding carboxylic acids is 1. The fourth-order valence-corrected chi connectivity index (χ4v) is 1.12. The van der Waals surface area contributed by atoms with Gasteiger partial charge in [-0.25, -0.2) is 13.2 Å². The SMILES string of the molecule is CC(N)C(=O)c1ccc(C(F)F)c(F)c1. The number of rotatable bonds is 3. The Hall–Kier alpha value is -1.36. The monoisotopic (exact) mass is 217 g/mol.